The van der Waals surface area contributed by atoms with Crippen LogP contribution in [0.4, 0.5) is 0 Å². The normalized spacial score (nSPS) is 13.7. The Hall–Kier alpha value is -4.49. The predicted octanol–water partition coefficient (Wildman–Crippen LogP) is 0.0375. The lowest BCUT2D eigenvalue weighted by molar-refractivity contribution is -0.142. The van der Waals surface area contributed by atoms with Crippen molar-refractivity contribution in [3.8, 4) is 5.75 Å². The maximum absolute atomic E-state index is 13.3. The summed E-state index contributed by atoms with van der Waals surface area (Å²) in [5.74, 6) is -4.69. The zero-order chi connectivity index (χ0) is 31.1. The maximum atomic E-state index is 13.3. The summed E-state index contributed by atoms with van der Waals surface area (Å²) < 4.78 is 0. The van der Waals surface area contributed by atoms with Crippen LogP contribution in [0.2, 0.25) is 0 Å². The van der Waals surface area contributed by atoms with E-state index in [0.717, 1.165) is 0 Å². The largest absolute Gasteiger partial charge is 0.508 e. The molecule has 0 fully saturated rings. The standard InChI is InChI=1S/C29H39N5O8/c30-15-5-4-8-23(29(41)42)33-28(40)24(17-18-6-2-1-3-7-18)34-27(39)22(13-14-25(36)37)32-26(38)21(31)16-19-9-11-20(35)12-10-19/h1-3,6-7,9-12,21-24,35H,4-5,8,13-17,30-31H2,(H,32,38)(H,33,40)(H,34,39)(H,36,37)(H,41,42). The molecule has 4 atom stereocenters. The second-order valence-corrected chi connectivity index (χ2v) is 9.91. The molecule has 13 heteroatoms. The molecule has 228 valence electrons. The number of carbonyl (C=O) groups is 5. The summed E-state index contributed by atoms with van der Waals surface area (Å²) in [4.78, 5) is 62.5. The average Bonchev–Trinajstić information content (AvgIpc) is 2.95. The monoisotopic (exact) mass is 585 g/mol. The fourth-order valence-electron chi connectivity index (χ4n) is 4.15. The lowest BCUT2D eigenvalue weighted by atomic mass is 10.0. The maximum Gasteiger partial charge on any atom is 0.326 e. The molecule has 2 aromatic rings. The van der Waals surface area contributed by atoms with Gasteiger partial charge in [-0.3, -0.25) is 19.2 Å². The molecule has 0 aliphatic carbocycles. The quantitative estimate of drug-likeness (QED) is 0.109. The number of hydrogen-bond donors (Lipinski definition) is 8. The van der Waals surface area contributed by atoms with Crippen molar-refractivity contribution in [2.75, 3.05) is 6.54 Å². The smallest absolute Gasteiger partial charge is 0.326 e. The topological polar surface area (TPSA) is 234 Å². The summed E-state index contributed by atoms with van der Waals surface area (Å²) in [6, 6.07) is 9.89. The van der Waals surface area contributed by atoms with Gasteiger partial charge in [-0.15, -0.1) is 0 Å². The number of aromatic hydroxyl groups is 1. The number of hydrogen-bond acceptors (Lipinski definition) is 8. The minimum atomic E-state index is -1.34. The van der Waals surface area contributed by atoms with Crippen molar-refractivity contribution in [3.05, 3.63) is 65.7 Å². The molecule has 0 bridgehead atoms. The SMILES string of the molecule is NCCCCC(NC(=O)C(Cc1ccccc1)NC(=O)C(CCC(=O)O)NC(=O)C(N)Cc1ccc(O)cc1)C(=O)O. The van der Waals surface area contributed by atoms with Gasteiger partial charge in [0.2, 0.25) is 17.7 Å². The lowest BCUT2D eigenvalue weighted by Gasteiger charge is -2.25. The zero-order valence-electron chi connectivity index (χ0n) is 23.2. The molecule has 2 aromatic carbocycles. The van der Waals surface area contributed by atoms with Crippen LogP contribution in [0, 0.1) is 0 Å². The Labute approximate surface area is 243 Å². The number of nitrogens with one attached hydrogen (secondary N) is 3. The Kier molecular flexibility index (Phi) is 13.9. The van der Waals surface area contributed by atoms with Crippen molar-refractivity contribution in [2.24, 2.45) is 11.5 Å². The van der Waals surface area contributed by atoms with Gasteiger partial charge in [0.25, 0.3) is 0 Å². The third kappa shape index (κ3) is 11.9. The van der Waals surface area contributed by atoms with Crippen LogP contribution in [0.25, 0.3) is 0 Å². The second kappa shape index (κ2) is 17.4. The fraction of sp³-hybridized carbons (Fsp3) is 0.414. The molecule has 3 amide bonds. The third-order valence-corrected chi connectivity index (χ3v) is 6.49. The molecule has 4 unspecified atom stereocenters. The number of aliphatic carboxylic acids is 2. The van der Waals surface area contributed by atoms with Crippen molar-refractivity contribution in [1.82, 2.24) is 16.0 Å². The van der Waals surface area contributed by atoms with Crippen molar-refractivity contribution in [3.63, 3.8) is 0 Å². The number of phenolic OH excluding ortho intramolecular Hbond substituents is 1. The minimum absolute atomic E-state index is 0.00746. The molecular formula is C29H39N5O8. The first-order valence-corrected chi connectivity index (χ1v) is 13.6. The highest BCUT2D eigenvalue weighted by molar-refractivity contribution is 5.94. The molecule has 0 aliphatic heterocycles. The Balaban J connectivity index is 2.20. The molecule has 0 spiro atoms. The lowest BCUT2D eigenvalue weighted by Crippen LogP contribution is -2.57. The number of nitrogens with two attached hydrogens (primary N) is 2. The van der Waals surface area contributed by atoms with E-state index in [2.05, 4.69) is 16.0 Å². The highest BCUT2D eigenvalue weighted by Gasteiger charge is 2.30. The summed E-state index contributed by atoms with van der Waals surface area (Å²) >= 11 is 0. The van der Waals surface area contributed by atoms with Gasteiger partial charge in [-0.1, -0.05) is 42.5 Å². The Bertz CT molecular complexity index is 1190. The number of benzene rings is 2. The van der Waals surface area contributed by atoms with Gasteiger partial charge < -0.3 is 42.7 Å². The fourth-order valence-corrected chi connectivity index (χ4v) is 4.15. The van der Waals surface area contributed by atoms with E-state index in [1.165, 1.54) is 12.1 Å². The first kappa shape index (κ1) is 33.7. The van der Waals surface area contributed by atoms with Gasteiger partial charge in [-0.25, -0.2) is 4.79 Å². The van der Waals surface area contributed by atoms with Gasteiger partial charge in [-0.05, 0) is 61.9 Å². The van der Waals surface area contributed by atoms with E-state index >= 15 is 0 Å². The molecule has 10 N–H and O–H groups in total. The third-order valence-electron chi connectivity index (χ3n) is 6.49. The Morgan fingerprint density at radius 2 is 1.26 bits per heavy atom. The van der Waals surface area contributed by atoms with Crippen molar-refractivity contribution in [2.45, 2.75) is 69.1 Å². The van der Waals surface area contributed by atoms with E-state index in [-0.39, 0.29) is 31.4 Å². The number of carboxylic acids is 2. The summed E-state index contributed by atoms with van der Waals surface area (Å²) in [6.45, 7) is 0.370. The molecule has 0 aliphatic rings. The van der Waals surface area contributed by atoms with E-state index in [4.69, 9.17) is 11.5 Å². The molecule has 0 saturated carbocycles. The summed E-state index contributed by atoms with van der Waals surface area (Å²) in [7, 11) is 0. The highest BCUT2D eigenvalue weighted by Crippen LogP contribution is 2.12. The summed E-state index contributed by atoms with van der Waals surface area (Å²) in [5.41, 5.74) is 12.8. The molecule has 0 heterocycles. The summed E-state index contributed by atoms with van der Waals surface area (Å²) in [5, 5.41) is 35.7. The molecule has 0 saturated heterocycles. The molecule has 13 nitrogen and oxygen atoms in total. The van der Waals surface area contributed by atoms with Crippen LogP contribution in [-0.4, -0.2) is 75.7 Å². The van der Waals surface area contributed by atoms with Gasteiger partial charge in [0.1, 0.15) is 23.9 Å². The van der Waals surface area contributed by atoms with E-state index < -0.39 is 60.2 Å². The van der Waals surface area contributed by atoms with Gasteiger partial charge >= 0.3 is 11.9 Å². The van der Waals surface area contributed by atoms with Crippen LogP contribution >= 0.6 is 0 Å². The summed E-state index contributed by atoms with van der Waals surface area (Å²) in [6.07, 6.45) is 0.534. The molecule has 0 aromatic heterocycles. The van der Waals surface area contributed by atoms with E-state index in [9.17, 15) is 39.3 Å². The minimum Gasteiger partial charge on any atom is -0.508 e. The van der Waals surface area contributed by atoms with Gasteiger partial charge in [0.15, 0.2) is 0 Å². The van der Waals surface area contributed by atoms with E-state index in [1.807, 2.05) is 0 Å². The van der Waals surface area contributed by atoms with Crippen LogP contribution < -0.4 is 27.4 Å². The number of unbranched alkanes of at least 4 members (excludes halogenated alkanes) is 1. The first-order valence-electron chi connectivity index (χ1n) is 13.6. The second-order valence-electron chi connectivity index (χ2n) is 9.91. The first-order chi connectivity index (χ1) is 20.0. The van der Waals surface area contributed by atoms with Crippen molar-refractivity contribution in [1.29, 1.82) is 0 Å². The van der Waals surface area contributed by atoms with Crippen molar-refractivity contribution < 1.29 is 39.3 Å². The predicted molar refractivity (Wildman–Crippen MR) is 153 cm³/mol. The van der Waals surface area contributed by atoms with E-state index in [0.29, 0.717) is 30.5 Å². The van der Waals surface area contributed by atoms with Crippen LogP contribution in [0.1, 0.15) is 43.2 Å². The van der Waals surface area contributed by atoms with Crippen LogP contribution in [0.3, 0.4) is 0 Å². The van der Waals surface area contributed by atoms with Crippen LogP contribution in [-0.2, 0) is 36.8 Å². The molecule has 42 heavy (non-hydrogen) atoms. The number of rotatable bonds is 18. The van der Waals surface area contributed by atoms with Crippen LogP contribution in [0.5, 0.6) is 5.75 Å². The average molecular weight is 586 g/mol. The van der Waals surface area contributed by atoms with Gasteiger partial charge in [0.05, 0.1) is 6.04 Å². The van der Waals surface area contributed by atoms with Gasteiger partial charge in [0, 0.05) is 12.8 Å². The number of carboxylic acid groups (broad SMARTS) is 2. The number of carbonyl (C=O) groups excluding carboxylic acids is 3. The Morgan fingerprint density at radius 3 is 1.86 bits per heavy atom. The molecular weight excluding hydrogens is 546 g/mol. The van der Waals surface area contributed by atoms with E-state index in [1.54, 1.807) is 42.5 Å². The molecule has 0 radical (unpaired) electrons. The number of amides is 3. The number of phenols is 1. The molecule has 2 rings (SSSR count). The van der Waals surface area contributed by atoms with Gasteiger partial charge in [-0.2, -0.15) is 0 Å². The van der Waals surface area contributed by atoms with Crippen molar-refractivity contribution >= 4 is 29.7 Å². The highest BCUT2D eigenvalue weighted by atomic mass is 16.4. The Morgan fingerprint density at radius 1 is 0.690 bits per heavy atom. The van der Waals surface area contributed by atoms with Crippen LogP contribution in [0.15, 0.2) is 54.6 Å². The zero-order valence-corrected chi connectivity index (χ0v) is 23.2.